The minimum Gasteiger partial charge on any atom is -0.444 e. The van der Waals surface area contributed by atoms with Crippen LogP contribution >= 0.6 is 0 Å². The van der Waals surface area contributed by atoms with Crippen LogP contribution in [0.4, 0.5) is 28.4 Å². The maximum absolute atomic E-state index is 13.5. The Morgan fingerprint density at radius 3 is 2.37 bits per heavy atom. The zero-order valence-corrected chi connectivity index (χ0v) is 25.7. The van der Waals surface area contributed by atoms with Gasteiger partial charge in [-0.15, -0.1) is 0 Å². The van der Waals surface area contributed by atoms with Gasteiger partial charge in [-0.2, -0.15) is 13.2 Å². The molecule has 2 fully saturated rings. The summed E-state index contributed by atoms with van der Waals surface area (Å²) >= 11 is 0. The molecule has 0 bridgehead atoms. The molecule has 1 saturated heterocycles. The molecule has 2 aliphatic rings. The van der Waals surface area contributed by atoms with E-state index in [2.05, 4.69) is 28.2 Å². The Morgan fingerprint density at radius 2 is 1.77 bits per heavy atom. The Labute approximate surface area is 250 Å². The number of rotatable bonds is 8. The average Bonchev–Trinajstić information content (AvgIpc) is 3.21. The van der Waals surface area contributed by atoms with E-state index in [1.807, 2.05) is 0 Å². The Kier molecular flexibility index (Phi) is 10.9. The van der Waals surface area contributed by atoms with Crippen LogP contribution in [0.25, 0.3) is 0 Å². The first-order valence-corrected chi connectivity index (χ1v) is 14.9. The van der Waals surface area contributed by atoms with Crippen molar-refractivity contribution in [3.8, 4) is 0 Å². The lowest BCUT2D eigenvalue weighted by Crippen LogP contribution is -2.51. The number of benzene rings is 1. The molecular weight excluding hydrogens is 567 g/mol. The Bertz CT molecular complexity index is 1180. The summed E-state index contributed by atoms with van der Waals surface area (Å²) in [5.41, 5.74) is -2.16. The predicted octanol–water partition coefficient (Wildman–Crippen LogP) is 5.43. The summed E-state index contributed by atoms with van der Waals surface area (Å²) in [4.78, 5) is 53.1. The molecule has 5 amide bonds. The summed E-state index contributed by atoms with van der Waals surface area (Å²) in [6, 6.07) is 0.477. The van der Waals surface area contributed by atoms with Crippen molar-refractivity contribution in [3.05, 3.63) is 29.3 Å². The fraction of sp³-hybridized carbons (Fsp3) is 0.667. The number of ether oxygens (including phenoxy) is 1. The van der Waals surface area contributed by atoms with Gasteiger partial charge in [0.05, 0.1) is 16.8 Å². The number of alkyl carbamates (subject to hydrolysis) is 1. The monoisotopic (exact) mass is 611 g/mol. The Morgan fingerprint density at radius 1 is 1.07 bits per heavy atom. The van der Waals surface area contributed by atoms with Crippen LogP contribution in [0, 0.1) is 5.92 Å². The third-order valence-electron chi connectivity index (χ3n) is 7.53. The summed E-state index contributed by atoms with van der Waals surface area (Å²) in [6.45, 7) is 11.3. The van der Waals surface area contributed by atoms with Crippen molar-refractivity contribution in [2.75, 3.05) is 11.9 Å². The van der Waals surface area contributed by atoms with Crippen LogP contribution in [0.2, 0.25) is 0 Å². The molecule has 1 aliphatic heterocycles. The highest BCUT2D eigenvalue weighted by atomic mass is 19.4. The molecule has 0 radical (unpaired) electrons. The summed E-state index contributed by atoms with van der Waals surface area (Å²) in [6.07, 6.45) is -1.16. The van der Waals surface area contributed by atoms with E-state index in [4.69, 9.17) is 4.74 Å². The molecule has 1 aromatic carbocycles. The van der Waals surface area contributed by atoms with Gasteiger partial charge in [-0.1, -0.05) is 13.3 Å². The molecule has 4 atom stereocenters. The maximum Gasteiger partial charge on any atom is 0.416 e. The minimum atomic E-state index is -4.71. The van der Waals surface area contributed by atoms with Crippen molar-refractivity contribution < 1.29 is 37.1 Å². The second-order valence-electron chi connectivity index (χ2n) is 12.6. The highest BCUT2D eigenvalue weighted by molar-refractivity contribution is 6.05. The van der Waals surface area contributed by atoms with Gasteiger partial charge in [0.15, 0.2) is 0 Å². The molecule has 1 saturated carbocycles. The van der Waals surface area contributed by atoms with Crippen LogP contribution in [0.5, 0.6) is 0 Å². The van der Waals surface area contributed by atoms with Crippen molar-refractivity contribution in [1.29, 1.82) is 0 Å². The number of carbonyl (C=O) groups is 4. The largest absolute Gasteiger partial charge is 0.444 e. The van der Waals surface area contributed by atoms with Gasteiger partial charge in [-0.3, -0.25) is 9.59 Å². The molecule has 43 heavy (non-hydrogen) atoms. The lowest BCUT2D eigenvalue weighted by molar-refractivity contribution is -0.137. The number of urea groups is 1. The second-order valence-corrected chi connectivity index (χ2v) is 12.6. The lowest BCUT2D eigenvalue weighted by Gasteiger charge is -2.41. The van der Waals surface area contributed by atoms with E-state index in [-0.39, 0.29) is 35.6 Å². The van der Waals surface area contributed by atoms with Crippen molar-refractivity contribution in [1.82, 2.24) is 20.9 Å². The fourth-order valence-electron chi connectivity index (χ4n) is 5.78. The van der Waals surface area contributed by atoms with Crippen LogP contribution in [0.1, 0.15) is 96.0 Å². The van der Waals surface area contributed by atoms with Gasteiger partial charge in [0.1, 0.15) is 11.6 Å². The standard InChI is InChI=1S/C30H44F3N5O5/c1-7-8-18-15-20(35-28(42)43-29(4,5)6)10-12-24(18)38-14-13-23(26(38)40)36-25(39)21-16-19(30(31,32)33)9-11-22(21)37-27(41)34-17(2)3/h9,11,16-18,20,23-24H,7-8,10,12-15H2,1-6H3,(H,35,42)(H,36,39)(H2,34,37,41)/t18?,20?,23-,24?/m0/s1. The first-order chi connectivity index (χ1) is 20.0. The van der Waals surface area contributed by atoms with E-state index in [0.29, 0.717) is 38.3 Å². The van der Waals surface area contributed by atoms with Crippen molar-refractivity contribution in [2.45, 2.75) is 116 Å². The average molecular weight is 612 g/mol. The number of halogens is 3. The van der Waals surface area contributed by atoms with Gasteiger partial charge in [0.2, 0.25) is 5.91 Å². The summed E-state index contributed by atoms with van der Waals surface area (Å²) in [5.74, 6) is -1.06. The van der Waals surface area contributed by atoms with E-state index in [1.54, 1.807) is 39.5 Å². The fourth-order valence-corrected chi connectivity index (χ4v) is 5.78. The van der Waals surface area contributed by atoms with Crippen molar-refractivity contribution in [2.24, 2.45) is 5.92 Å². The zero-order valence-electron chi connectivity index (χ0n) is 25.7. The number of nitrogens with one attached hydrogen (secondary N) is 4. The molecule has 1 aromatic rings. The van der Waals surface area contributed by atoms with E-state index in [0.717, 1.165) is 25.0 Å². The molecule has 4 N–H and O–H groups in total. The SMILES string of the molecule is CCCC1CC(NC(=O)OC(C)(C)C)CCC1N1CC[C@H](NC(=O)c2cc(C(F)(F)F)ccc2NC(=O)NC(C)C)C1=O. The molecule has 3 rings (SSSR count). The number of amides is 5. The maximum atomic E-state index is 13.5. The van der Waals surface area contributed by atoms with E-state index in [1.165, 1.54) is 0 Å². The topological polar surface area (TPSA) is 129 Å². The third kappa shape index (κ3) is 9.49. The smallest absolute Gasteiger partial charge is 0.416 e. The number of nitrogens with zero attached hydrogens (tertiary/aromatic N) is 1. The molecule has 1 aliphatic carbocycles. The summed E-state index contributed by atoms with van der Waals surface area (Å²) in [7, 11) is 0. The van der Waals surface area contributed by atoms with E-state index in [9.17, 15) is 32.3 Å². The van der Waals surface area contributed by atoms with Crippen molar-refractivity contribution in [3.63, 3.8) is 0 Å². The molecule has 0 spiro atoms. The number of hydrogen-bond donors (Lipinski definition) is 4. The Balaban J connectivity index is 1.72. The first kappa shape index (κ1) is 34.0. The van der Waals surface area contributed by atoms with Crippen LogP contribution in [-0.4, -0.2) is 65.2 Å². The highest BCUT2D eigenvalue weighted by Gasteiger charge is 2.42. The summed E-state index contributed by atoms with van der Waals surface area (Å²) in [5, 5.41) is 10.6. The highest BCUT2D eigenvalue weighted by Crippen LogP contribution is 2.35. The van der Waals surface area contributed by atoms with Gasteiger partial charge in [0.25, 0.3) is 5.91 Å². The number of likely N-dealkylation sites (tertiary alicyclic amines) is 1. The quantitative estimate of drug-likeness (QED) is 0.312. The molecule has 10 nitrogen and oxygen atoms in total. The number of carbonyl (C=O) groups excluding carboxylic acids is 4. The molecule has 3 unspecified atom stereocenters. The lowest BCUT2D eigenvalue weighted by atomic mass is 9.78. The zero-order chi connectivity index (χ0) is 32.1. The van der Waals surface area contributed by atoms with Crippen LogP contribution in [0.15, 0.2) is 18.2 Å². The molecule has 0 aromatic heterocycles. The predicted molar refractivity (Wildman–Crippen MR) is 156 cm³/mol. The van der Waals surface area contributed by atoms with Crippen LogP contribution in [0.3, 0.4) is 0 Å². The molecule has 1 heterocycles. The van der Waals surface area contributed by atoms with Crippen molar-refractivity contribution >= 4 is 29.6 Å². The minimum absolute atomic E-state index is 0.0865. The third-order valence-corrected chi connectivity index (χ3v) is 7.53. The normalized spacial score (nSPS) is 22.7. The number of anilines is 1. The van der Waals surface area contributed by atoms with Gasteiger partial charge in [-0.05, 0) is 90.8 Å². The molecule has 13 heteroatoms. The van der Waals surface area contributed by atoms with E-state index < -0.39 is 47.0 Å². The second kappa shape index (κ2) is 13.9. The van der Waals surface area contributed by atoms with E-state index >= 15 is 0 Å². The van der Waals surface area contributed by atoms with Crippen LogP contribution < -0.4 is 21.3 Å². The number of alkyl halides is 3. The van der Waals surface area contributed by atoms with Gasteiger partial charge >= 0.3 is 18.3 Å². The Hall–Kier alpha value is -3.51. The van der Waals surface area contributed by atoms with Crippen LogP contribution in [-0.2, 0) is 15.7 Å². The number of hydrogen-bond acceptors (Lipinski definition) is 5. The molecular formula is C30H44F3N5O5. The van der Waals surface area contributed by atoms with Gasteiger partial charge < -0.3 is 30.9 Å². The van der Waals surface area contributed by atoms with Gasteiger partial charge in [-0.25, -0.2) is 9.59 Å². The van der Waals surface area contributed by atoms with Gasteiger partial charge in [0, 0.05) is 24.7 Å². The molecule has 240 valence electrons. The first-order valence-electron chi connectivity index (χ1n) is 14.9. The summed E-state index contributed by atoms with van der Waals surface area (Å²) < 4.78 is 45.8.